The Balaban J connectivity index is 2.25. The van der Waals surface area contributed by atoms with Crippen molar-refractivity contribution >= 4 is 31.9 Å². The Bertz CT molecular complexity index is 576. The molecular formula is C12H10Br2N2O3. The van der Waals surface area contributed by atoms with Crippen LogP contribution in [0.5, 0.6) is 17.4 Å². The molecule has 19 heavy (non-hydrogen) atoms. The lowest BCUT2D eigenvalue weighted by molar-refractivity contribution is 0.276. The van der Waals surface area contributed by atoms with E-state index in [0.717, 1.165) is 8.95 Å². The van der Waals surface area contributed by atoms with Gasteiger partial charge in [-0.05, 0) is 44.0 Å². The molecule has 0 aliphatic heterocycles. The van der Waals surface area contributed by atoms with Crippen molar-refractivity contribution in [1.29, 1.82) is 0 Å². The van der Waals surface area contributed by atoms with Gasteiger partial charge in [0.25, 0.3) is 0 Å². The highest BCUT2D eigenvalue weighted by molar-refractivity contribution is 9.11. The topological polar surface area (TPSA) is 64.5 Å². The monoisotopic (exact) mass is 388 g/mol. The zero-order valence-corrected chi connectivity index (χ0v) is 13.1. The highest BCUT2D eigenvalue weighted by Gasteiger charge is 2.10. The van der Waals surface area contributed by atoms with Crippen LogP contribution in [-0.4, -0.2) is 22.2 Å². The van der Waals surface area contributed by atoms with E-state index >= 15 is 0 Å². The van der Waals surface area contributed by atoms with Crippen LogP contribution in [0.15, 0.2) is 33.5 Å². The average Bonchev–Trinajstić information content (AvgIpc) is 2.43. The van der Waals surface area contributed by atoms with E-state index in [1.807, 2.05) is 0 Å². The largest absolute Gasteiger partial charge is 0.496 e. The molecule has 0 aliphatic rings. The zero-order valence-electron chi connectivity index (χ0n) is 9.93. The Morgan fingerprint density at radius 2 is 1.79 bits per heavy atom. The van der Waals surface area contributed by atoms with E-state index < -0.39 is 0 Å². The van der Waals surface area contributed by atoms with E-state index in [4.69, 9.17) is 14.6 Å². The Labute approximate surface area is 126 Å². The Morgan fingerprint density at radius 1 is 1.11 bits per heavy atom. The molecule has 1 heterocycles. The van der Waals surface area contributed by atoms with Gasteiger partial charge in [0.1, 0.15) is 11.5 Å². The summed E-state index contributed by atoms with van der Waals surface area (Å²) < 4.78 is 12.3. The molecule has 0 radical (unpaired) electrons. The molecule has 0 fully saturated rings. The van der Waals surface area contributed by atoms with Gasteiger partial charge in [-0.2, -0.15) is 0 Å². The van der Waals surface area contributed by atoms with Crippen molar-refractivity contribution in [2.24, 2.45) is 0 Å². The van der Waals surface area contributed by atoms with E-state index in [9.17, 15) is 0 Å². The number of benzene rings is 1. The summed E-state index contributed by atoms with van der Waals surface area (Å²) in [4.78, 5) is 8.04. The quantitative estimate of drug-likeness (QED) is 0.869. The molecule has 0 unspecified atom stereocenters. The van der Waals surface area contributed by atoms with Gasteiger partial charge in [0, 0.05) is 0 Å². The number of hydrogen-bond acceptors (Lipinski definition) is 5. The summed E-state index contributed by atoms with van der Waals surface area (Å²) >= 11 is 6.78. The highest BCUT2D eigenvalue weighted by atomic mass is 79.9. The van der Waals surface area contributed by atoms with Crippen LogP contribution < -0.4 is 9.47 Å². The summed E-state index contributed by atoms with van der Waals surface area (Å²) in [7, 11) is 1.59. The molecule has 0 aliphatic carbocycles. The maximum absolute atomic E-state index is 8.89. The zero-order chi connectivity index (χ0) is 13.8. The lowest BCUT2D eigenvalue weighted by atomic mass is 10.3. The van der Waals surface area contributed by atoms with Gasteiger partial charge >= 0.3 is 0 Å². The Hall–Kier alpha value is -1.18. The average molecular weight is 390 g/mol. The summed E-state index contributed by atoms with van der Waals surface area (Å²) in [5.74, 6) is 1.62. The number of methoxy groups -OCH3 is 1. The van der Waals surface area contributed by atoms with E-state index in [-0.39, 0.29) is 6.61 Å². The van der Waals surface area contributed by atoms with Crippen LogP contribution in [0.25, 0.3) is 0 Å². The molecule has 1 aromatic heterocycles. The molecule has 2 aromatic rings. The van der Waals surface area contributed by atoms with Crippen LogP contribution in [0.4, 0.5) is 0 Å². The van der Waals surface area contributed by atoms with E-state index in [2.05, 4.69) is 41.8 Å². The fourth-order valence-electron chi connectivity index (χ4n) is 1.33. The molecule has 2 rings (SSSR count). The number of aromatic nitrogens is 2. The molecule has 0 saturated heterocycles. The number of hydrogen-bond donors (Lipinski definition) is 1. The van der Waals surface area contributed by atoms with Crippen molar-refractivity contribution in [1.82, 2.24) is 9.97 Å². The van der Waals surface area contributed by atoms with Gasteiger partial charge in [-0.25, -0.2) is 4.98 Å². The molecule has 0 spiro atoms. The van der Waals surface area contributed by atoms with Gasteiger partial charge in [0.2, 0.25) is 5.88 Å². The predicted octanol–water partition coefficient (Wildman–Crippen LogP) is 3.29. The molecule has 0 amide bonds. The minimum absolute atomic E-state index is 0.148. The lowest BCUT2D eigenvalue weighted by Gasteiger charge is -2.10. The fourth-order valence-corrected chi connectivity index (χ4v) is 2.22. The van der Waals surface area contributed by atoms with Crippen molar-refractivity contribution in [2.75, 3.05) is 7.11 Å². The van der Waals surface area contributed by atoms with Crippen LogP contribution >= 0.6 is 31.9 Å². The molecular weight excluding hydrogens is 380 g/mol. The first kappa shape index (κ1) is 14.2. The summed E-state index contributed by atoms with van der Waals surface area (Å²) in [6.07, 6.45) is 2.91. The minimum atomic E-state index is -0.148. The molecule has 0 saturated carbocycles. The van der Waals surface area contributed by atoms with Crippen molar-refractivity contribution in [2.45, 2.75) is 6.61 Å². The highest BCUT2D eigenvalue weighted by Crippen LogP contribution is 2.37. The maximum atomic E-state index is 8.89. The van der Waals surface area contributed by atoms with Gasteiger partial charge in [-0.15, -0.1) is 0 Å². The molecule has 0 atom stereocenters. The summed E-state index contributed by atoms with van der Waals surface area (Å²) in [6, 6.07) is 3.56. The Kier molecular flexibility index (Phi) is 4.73. The normalized spacial score (nSPS) is 10.3. The SMILES string of the molecule is COc1cc(Br)c(Oc2cnc(CO)cn2)cc1Br. The third-order valence-electron chi connectivity index (χ3n) is 2.26. The summed E-state index contributed by atoms with van der Waals surface area (Å²) in [5, 5.41) is 8.89. The van der Waals surface area contributed by atoms with Crippen LogP contribution in [-0.2, 0) is 6.61 Å². The van der Waals surface area contributed by atoms with Gasteiger partial charge in [0.05, 0.1) is 40.7 Å². The minimum Gasteiger partial charge on any atom is -0.496 e. The van der Waals surface area contributed by atoms with Crippen LogP contribution in [0, 0.1) is 0 Å². The third-order valence-corrected chi connectivity index (χ3v) is 3.50. The van der Waals surface area contributed by atoms with Gasteiger partial charge in [0.15, 0.2) is 0 Å². The van der Waals surface area contributed by atoms with Crippen molar-refractivity contribution < 1.29 is 14.6 Å². The number of aliphatic hydroxyl groups excluding tert-OH is 1. The number of aliphatic hydroxyl groups is 1. The number of rotatable bonds is 4. The molecule has 7 heteroatoms. The Morgan fingerprint density at radius 3 is 2.37 bits per heavy atom. The number of ether oxygens (including phenoxy) is 2. The fraction of sp³-hybridized carbons (Fsp3) is 0.167. The smallest absolute Gasteiger partial charge is 0.237 e. The third kappa shape index (κ3) is 3.43. The first-order valence-corrected chi connectivity index (χ1v) is 6.85. The number of nitrogens with zero attached hydrogens (tertiary/aromatic N) is 2. The molecule has 1 N–H and O–H groups in total. The summed E-state index contributed by atoms with van der Waals surface area (Å²) in [5.41, 5.74) is 0.488. The summed E-state index contributed by atoms with van der Waals surface area (Å²) in [6.45, 7) is -0.148. The molecule has 1 aromatic carbocycles. The predicted molar refractivity (Wildman–Crippen MR) is 76.4 cm³/mol. The second kappa shape index (κ2) is 6.31. The van der Waals surface area contributed by atoms with Crippen LogP contribution in [0.3, 0.4) is 0 Å². The van der Waals surface area contributed by atoms with E-state index in [0.29, 0.717) is 23.1 Å². The maximum Gasteiger partial charge on any atom is 0.237 e. The first-order valence-electron chi connectivity index (χ1n) is 5.26. The van der Waals surface area contributed by atoms with Crippen molar-refractivity contribution in [3.05, 3.63) is 39.2 Å². The van der Waals surface area contributed by atoms with Gasteiger partial charge < -0.3 is 14.6 Å². The van der Waals surface area contributed by atoms with Gasteiger partial charge in [-0.3, -0.25) is 4.98 Å². The van der Waals surface area contributed by atoms with E-state index in [1.165, 1.54) is 12.4 Å². The first-order chi connectivity index (χ1) is 9.13. The van der Waals surface area contributed by atoms with Crippen LogP contribution in [0.2, 0.25) is 0 Å². The lowest BCUT2D eigenvalue weighted by Crippen LogP contribution is -1.95. The standard InChI is InChI=1S/C12H10Br2N2O3/c1-18-10-2-9(14)11(3-8(10)13)19-12-5-15-7(6-17)4-16-12/h2-5,17H,6H2,1H3. The van der Waals surface area contributed by atoms with Crippen molar-refractivity contribution in [3.63, 3.8) is 0 Å². The van der Waals surface area contributed by atoms with Gasteiger partial charge in [-0.1, -0.05) is 0 Å². The molecule has 0 bridgehead atoms. The number of halogens is 2. The molecule has 5 nitrogen and oxygen atoms in total. The van der Waals surface area contributed by atoms with Crippen molar-refractivity contribution in [3.8, 4) is 17.4 Å². The van der Waals surface area contributed by atoms with Crippen LogP contribution in [0.1, 0.15) is 5.69 Å². The second-order valence-electron chi connectivity index (χ2n) is 3.52. The second-order valence-corrected chi connectivity index (χ2v) is 5.23. The van der Waals surface area contributed by atoms with E-state index in [1.54, 1.807) is 19.2 Å². The molecule has 100 valence electrons.